The van der Waals surface area contributed by atoms with Crippen molar-refractivity contribution in [2.24, 2.45) is 0 Å². The summed E-state index contributed by atoms with van der Waals surface area (Å²) in [6, 6.07) is 29.9. The molecule has 0 spiro atoms. The van der Waals surface area contributed by atoms with Crippen molar-refractivity contribution < 1.29 is 28.7 Å². The maximum Gasteiger partial charge on any atom is 0.338 e. The summed E-state index contributed by atoms with van der Waals surface area (Å²) < 4.78 is 11.8. The molecule has 1 heterocycles. The Morgan fingerprint density at radius 2 is 1.24 bits per heavy atom. The fourth-order valence-corrected chi connectivity index (χ4v) is 5.72. The Morgan fingerprint density at radius 1 is 0.706 bits per heavy atom. The number of rotatable bonds is 14. The molecule has 2 amide bonds. The minimum atomic E-state index is -0.691. The van der Waals surface area contributed by atoms with Gasteiger partial charge in [0.25, 0.3) is 11.8 Å². The number of para-hydroxylation sites is 1. The lowest BCUT2D eigenvalue weighted by Gasteiger charge is -2.11. The highest BCUT2D eigenvalue weighted by Gasteiger charge is 2.22. The standard InChI is InChI=1S/C40H38N4O6S/c1-4-24-51-34-22-16-27(17-23-34)36-30(26-44(43-36)33-10-8-7-9-11-33)25-35(37(45)41-31-18-12-28(13-19-31)39(47)49-5-2)38(46)42-32-20-14-29(15-21-32)40(48)50-6-3/h7-23,25-26H,4-6,24H2,1-3H3,(H,41,45)(H,42,46). The molecule has 5 aromatic rings. The van der Waals surface area contributed by atoms with Crippen LogP contribution in [0.5, 0.6) is 0 Å². The zero-order valence-electron chi connectivity index (χ0n) is 28.6. The third kappa shape index (κ3) is 9.61. The SMILES string of the molecule is CCCSc1ccc(-c2nn(-c3ccccc3)cc2C=C(C(=O)Nc2ccc(C(=O)OCC)cc2)C(=O)Nc2ccc(C(=O)OCC)cc2)cc1. The molecule has 4 aromatic carbocycles. The minimum absolute atomic E-state index is 0.206. The van der Waals surface area contributed by atoms with E-state index in [0.717, 1.165) is 28.3 Å². The van der Waals surface area contributed by atoms with E-state index in [1.165, 1.54) is 30.3 Å². The Bertz CT molecular complexity index is 1930. The molecular weight excluding hydrogens is 665 g/mol. The van der Waals surface area contributed by atoms with Crippen LogP contribution >= 0.6 is 11.8 Å². The third-order valence-electron chi connectivity index (χ3n) is 7.46. The number of anilines is 2. The average molecular weight is 703 g/mol. The summed E-state index contributed by atoms with van der Waals surface area (Å²) in [7, 11) is 0. The van der Waals surface area contributed by atoms with Gasteiger partial charge in [0, 0.05) is 33.6 Å². The van der Waals surface area contributed by atoms with Gasteiger partial charge in [0.15, 0.2) is 0 Å². The number of amides is 2. The summed E-state index contributed by atoms with van der Waals surface area (Å²) in [5.74, 6) is -1.34. The van der Waals surface area contributed by atoms with Crippen LogP contribution in [0, 0.1) is 0 Å². The number of aromatic nitrogens is 2. The van der Waals surface area contributed by atoms with Crippen LogP contribution < -0.4 is 10.6 Å². The maximum atomic E-state index is 13.9. The maximum absolute atomic E-state index is 13.9. The van der Waals surface area contributed by atoms with E-state index in [9.17, 15) is 19.2 Å². The lowest BCUT2D eigenvalue weighted by Crippen LogP contribution is -2.25. The second-order valence-corrected chi connectivity index (χ2v) is 12.3. The molecule has 0 saturated heterocycles. The number of nitrogens with zero attached hydrogens (tertiary/aromatic N) is 2. The van der Waals surface area contributed by atoms with Crippen LogP contribution in [-0.2, 0) is 19.1 Å². The molecule has 0 bridgehead atoms. The molecule has 0 radical (unpaired) electrons. The molecule has 260 valence electrons. The summed E-state index contributed by atoms with van der Waals surface area (Å²) in [5, 5.41) is 10.4. The van der Waals surface area contributed by atoms with Crippen LogP contribution in [0.25, 0.3) is 23.0 Å². The molecular formula is C40H38N4O6S. The summed E-state index contributed by atoms with van der Waals surface area (Å²) in [6.45, 7) is 6.04. The zero-order valence-corrected chi connectivity index (χ0v) is 29.4. The first-order chi connectivity index (χ1) is 24.8. The van der Waals surface area contributed by atoms with E-state index in [2.05, 4.69) is 17.6 Å². The average Bonchev–Trinajstić information content (AvgIpc) is 3.58. The van der Waals surface area contributed by atoms with Gasteiger partial charge in [-0.15, -0.1) is 11.8 Å². The van der Waals surface area contributed by atoms with Crippen molar-refractivity contribution in [2.75, 3.05) is 29.6 Å². The second-order valence-electron chi connectivity index (χ2n) is 11.1. The Kier molecular flexibility index (Phi) is 12.6. The van der Waals surface area contributed by atoms with Gasteiger partial charge in [0.1, 0.15) is 5.57 Å². The number of carbonyl (C=O) groups is 4. The molecule has 0 aliphatic rings. The van der Waals surface area contributed by atoms with Gasteiger partial charge >= 0.3 is 11.9 Å². The van der Waals surface area contributed by atoms with Crippen molar-refractivity contribution in [2.45, 2.75) is 32.1 Å². The van der Waals surface area contributed by atoms with Gasteiger partial charge in [-0.3, -0.25) is 9.59 Å². The monoisotopic (exact) mass is 702 g/mol. The smallest absolute Gasteiger partial charge is 0.338 e. The number of esters is 2. The largest absolute Gasteiger partial charge is 0.462 e. The topological polar surface area (TPSA) is 129 Å². The first-order valence-electron chi connectivity index (χ1n) is 16.6. The molecule has 0 aliphatic carbocycles. The Hall–Kier alpha value is -5.94. The van der Waals surface area contributed by atoms with Crippen molar-refractivity contribution >= 4 is 53.0 Å². The first kappa shape index (κ1) is 36.3. The molecule has 0 aliphatic heterocycles. The molecule has 1 aromatic heterocycles. The Labute approximate surface area is 300 Å². The Morgan fingerprint density at radius 3 is 1.73 bits per heavy atom. The molecule has 2 N–H and O–H groups in total. The molecule has 0 saturated carbocycles. The normalized spacial score (nSPS) is 10.6. The quantitative estimate of drug-likeness (QED) is 0.0391. The van der Waals surface area contributed by atoms with Gasteiger partial charge < -0.3 is 20.1 Å². The predicted molar refractivity (Wildman–Crippen MR) is 200 cm³/mol. The van der Waals surface area contributed by atoms with E-state index in [1.54, 1.807) is 60.8 Å². The second kappa shape index (κ2) is 17.6. The van der Waals surface area contributed by atoms with Crippen molar-refractivity contribution in [3.63, 3.8) is 0 Å². The first-order valence-corrected chi connectivity index (χ1v) is 17.5. The molecule has 11 heteroatoms. The molecule has 0 atom stereocenters. The van der Waals surface area contributed by atoms with Crippen LogP contribution in [0.1, 0.15) is 53.5 Å². The highest BCUT2D eigenvalue weighted by atomic mass is 32.2. The number of benzene rings is 4. The molecule has 51 heavy (non-hydrogen) atoms. The van der Waals surface area contributed by atoms with Crippen LogP contribution in [0.2, 0.25) is 0 Å². The number of nitrogens with one attached hydrogen (secondary N) is 2. The van der Waals surface area contributed by atoms with Crippen LogP contribution in [0.3, 0.4) is 0 Å². The minimum Gasteiger partial charge on any atom is -0.462 e. The molecule has 10 nitrogen and oxygen atoms in total. The van der Waals surface area contributed by atoms with E-state index in [-0.39, 0.29) is 18.8 Å². The van der Waals surface area contributed by atoms with Gasteiger partial charge in [0.2, 0.25) is 0 Å². The highest BCUT2D eigenvalue weighted by Crippen LogP contribution is 2.29. The fraction of sp³-hybridized carbons (Fsp3) is 0.175. The zero-order chi connectivity index (χ0) is 36.2. The number of thioether (sulfide) groups is 1. The van der Waals surface area contributed by atoms with E-state index in [0.29, 0.717) is 33.8 Å². The van der Waals surface area contributed by atoms with Crippen LogP contribution in [0.4, 0.5) is 11.4 Å². The predicted octanol–water partition coefficient (Wildman–Crippen LogP) is 8.06. The van der Waals surface area contributed by atoms with Crippen molar-refractivity contribution in [1.82, 2.24) is 9.78 Å². The van der Waals surface area contributed by atoms with Crippen LogP contribution in [0.15, 0.2) is 120 Å². The van der Waals surface area contributed by atoms with Gasteiger partial charge in [0.05, 0.1) is 35.7 Å². The summed E-state index contributed by atoms with van der Waals surface area (Å²) >= 11 is 1.77. The number of carbonyl (C=O) groups excluding carboxylic acids is 4. The number of hydrogen-bond acceptors (Lipinski definition) is 8. The third-order valence-corrected chi connectivity index (χ3v) is 8.68. The van der Waals surface area contributed by atoms with E-state index in [1.807, 2.05) is 54.6 Å². The van der Waals surface area contributed by atoms with E-state index in [4.69, 9.17) is 14.6 Å². The lowest BCUT2D eigenvalue weighted by atomic mass is 10.0. The summed E-state index contributed by atoms with van der Waals surface area (Å²) in [6.07, 6.45) is 4.33. The molecule has 5 rings (SSSR count). The molecule has 0 unspecified atom stereocenters. The van der Waals surface area contributed by atoms with Gasteiger partial charge in [-0.25, -0.2) is 14.3 Å². The highest BCUT2D eigenvalue weighted by molar-refractivity contribution is 7.99. The lowest BCUT2D eigenvalue weighted by molar-refractivity contribution is -0.118. The Balaban J connectivity index is 1.54. The van der Waals surface area contributed by atoms with Crippen molar-refractivity contribution in [3.8, 4) is 16.9 Å². The summed E-state index contributed by atoms with van der Waals surface area (Å²) in [5.41, 5.74) is 3.89. The number of ether oxygens (including phenoxy) is 2. The number of hydrogen-bond donors (Lipinski definition) is 2. The van der Waals surface area contributed by atoms with Crippen molar-refractivity contribution in [3.05, 3.63) is 132 Å². The van der Waals surface area contributed by atoms with Gasteiger partial charge in [-0.2, -0.15) is 5.10 Å². The fourth-order valence-electron chi connectivity index (χ4n) is 4.95. The van der Waals surface area contributed by atoms with Crippen LogP contribution in [-0.4, -0.2) is 52.5 Å². The molecule has 0 fully saturated rings. The van der Waals surface area contributed by atoms with E-state index < -0.39 is 23.8 Å². The van der Waals surface area contributed by atoms with Gasteiger partial charge in [-0.1, -0.05) is 37.3 Å². The summed E-state index contributed by atoms with van der Waals surface area (Å²) in [4.78, 5) is 53.3. The van der Waals surface area contributed by atoms with E-state index >= 15 is 0 Å². The van der Waals surface area contributed by atoms with Gasteiger partial charge in [-0.05, 0) is 105 Å². The van der Waals surface area contributed by atoms with Crippen molar-refractivity contribution in [1.29, 1.82) is 0 Å².